The molecule has 0 saturated carbocycles. The van der Waals surface area contributed by atoms with E-state index in [1.54, 1.807) is 24.3 Å². The van der Waals surface area contributed by atoms with E-state index in [1.165, 1.54) is 12.0 Å². The minimum absolute atomic E-state index is 0.00386. The van der Waals surface area contributed by atoms with E-state index < -0.39 is 30.4 Å². The molecule has 0 radical (unpaired) electrons. The molecule has 1 fully saturated rings. The first-order valence-electron chi connectivity index (χ1n) is 9.81. The van der Waals surface area contributed by atoms with Gasteiger partial charge in [-0.15, -0.1) is 0 Å². The Balaban J connectivity index is 1.55. The zero-order valence-corrected chi connectivity index (χ0v) is 17.6. The van der Waals surface area contributed by atoms with Gasteiger partial charge in [0.15, 0.2) is 6.61 Å². The lowest BCUT2D eigenvalue weighted by atomic mass is 10.1. The number of amides is 2. The molecule has 1 aliphatic rings. The molecule has 162 valence electrons. The van der Waals surface area contributed by atoms with E-state index >= 15 is 0 Å². The Bertz CT molecular complexity index is 995. The van der Waals surface area contributed by atoms with Crippen LogP contribution >= 0.6 is 0 Å². The second kappa shape index (κ2) is 9.42. The third-order valence-electron chi connectivity index (χ3n) is 5.15. The molecule has 8 nitrogen and oxygen atoms in total. The van der Waals surface area contributed by atoms with Gasteiger partial charge in [-0.25, -0.2) is 4.79 Å². The predicted molar refractivity (Wildman–Crippen MR) is 114 cm³/mol. The highest BCUT2D eigenvalue weighted by atomic mass is 16.5. The molecule has 8 heteroatoms. The molecule has 1 atom stereocenters. The number of benzene rings is 2. The molecule has 1 saturated heterocycles. The molecule has 0 unspecified atom stereocenters. The van der Waals surface area contributed by atoms with E-state index in [2.05, 4.69) is 10.1 Å². The smallest absolute Gasteiger partial charge is 0.337 e. The van der Waals surface area contributed by atoms with Gasteiger partial charge >= 0.3 is 11.9 Å². The molecule has 0 aromatic heterocycles. The van der Waals surface area contributed by atoms with E-state index in [9.17, 15) is 19.2 Å². The Morgan fingerprint density at radius 3 is 2.32 bits per heavy atom. The number of ether oxygens (including phenoxy) is 2. The van der Waals surface area contributed by atoms with E-state index in [0.29, 0.717) is 16.9 Å². The molecule has 1 heterocycles. The summed E-state index contributed by atoms with van der Waals surface area (Å²) in [7, 11) is 1.29. The zero-order valence-electron chi connectivity index (χ0n) is 17.6. The lowest BCUT2D eigenvalue weighted by molar-refractivity contribution is -0.151. The number of esters is 2. The summed E-state index contributed by atoms with van der Waals surface area (Å²) in [5.41, 5.74) is 3.45. The number of para-hydroxylation sites is 1. The number of aryl methyl sites for hydroxylation is 2. The third-order valence-corrected chi connectivity index (χ3v) is 5.15. The Labute approximate surface area is 180 Å². The first kappa shape index (κ1) is 22.0. The molecular formula is C23H24N2O6. The molecule has 3 rings (SSSR count). The summed E-state index contributed by atoms with van der Waals surface area (Å²) in [6.45, 7) is 3.48. The number of hydrogen-bond acceptors (Lipinski definition) is 6. The number of nitrogens with zero attached hydrogens (tertiary/aromatic N) is 1. The minimum Gasteiger partial charge on any atom is -0.465 e. The first-order chi connectivity index (χ1) is 14.8. The summed E-state index contributed by atoms with van der Waals surface area (Å²) >= 11 is 0. The van der Waals surface area contributed by atoms with Crippen LogP contribution in [0.25, 0.3) is 0 Å². The van der Waals surface area contributed by atoms with E-state index in [0.717, 1.165) is 11.1 Å². The lowest BCUT2D eigenvalue weighted by Gasteiger charge is -2.17. The molecule has 2 aromatic rings. The molecule has 1 N–H and O–H groups in total. The zero-order chi connectivity index (χ0) is 22.5. The van der Waals surface area contributed by atoms with Gasteiger partial charge in [0.25, 0.3) is 5.91 Å². The third kappa shape index (κ3) is 5.09. The van der Waals surface area contributed by atoms with Crippen molar-refractivity contribution in [2.24, 2.45) is 5.92 Å². The second-order valence-electron chi connectivity index (χ2n) is 7.37. The molecule has 2 aromatic carbocycles. The van der Waals surface area contributed by atoms with Crippen molar-refractivity contribution in [1.82, 2.24) is 0 Å². The van der Waals surface area contributed by atoms with Crippen LogP contribution in [0.2, 0.25) is 0 Å². The van der Waals surface area contributed by atoms with E-state index in [4.69, 9.17) is 4.74 Å². The fourth-order valence-corrected chi connectivity index (χ4v) is 3.45. The van der Waals surface area contributed by atoms with Crippen LogP contribution in [0.15, 0.2) is 42.5 Å². The van der Waals surface area contributed by atoms with Crippen molar-refractivity contribution in [1.29, 1.82) is 0 Å². The molecule has 0 spiro atoms. The van der Waals surface area contributed by atoms with Crippen LogP contribution in [0.4, 0.5) is 11.4 Å². The number of carbonyl (C=O) groups is 4. The van der Waals surface area contributed by atoms with Gasteiger partial charge < -0.3 is 19.7 Å². The van der Waals surface area contributed by atoms with Crippen molar-refractivity contribution >= 4 is 35.1 Å². The van der Waals surface area contributed by atoms with Gasteiger partial charge in [-0.05, 0) is 49.2 Å². The van der Waals surface area contributed by atoms with Crippen molar-refractivity contribution in [3.05, 3.63) is 59.2 Å². The Kier molecular flexibility index (Phi) is 6.69. The van der Waals surface area contributed by atoms with Crippen LogP contribution in [0.5, 0.6) is 0 Å². The Hall–Kier alpha value is -3.68. The monoisotopic (exact) mass is 424 g/mol. The summed E-state index contributed by atoms with van der Waals surface area (Å²) in [5.74, 6) is -2.41. The summed E-state index contributed by atoms with van der Waals surface area (Å²) < 4.78 is 9.80. The van der Waals surface area contributed by atoms with Crippen LogP contribution in [-0.2, 0) is 23.9 Å². The van der Waals surface area contributed by atoms with Crippen molar-refractivity contribution in [2.45, 2.75) is 20.3 Å². The highest BCUT2D eigenvalue weighted by Gasteiger charge is 2.36. The summed E-state index contributed by atoms with van der Waals surface area (Å²) in [6.07, 6.45) is -0.00386. The molecular weight excluding hydrogens is 400 g/mol. The Morgan fingerprint density at radius 2 is 1.71 bits per heavy atom. The summed E-state index contributed by atoms with van der Waals surface area (Å²) in [5, 5.41) is 2.76. The maximum atomic E-state index is 12.4. The fraction of sp³-hybridized carbons (Fsp3) is 0.304. The van der Waals surface area contributed by atoms with Crippen molar-refractivity contribution < 1.29 is 28.7 Å². The largest absolute Gasteiger partial charge is 0.465 e. The minimum atomic E-state index is -0.666. The van der Waals surface area contributed by atoms with Gasteiger partial charge in [0, 0.05) is 24.3 Å². The number of methoxy groups -OCH3 is 1. The first-order valence-corrected chi connectivity index (χ1v) is 9.81. The number of rotatable bonds is 6. The number of anilines is 2. The molecule has 1 aliphatic heterocycles. The molecule has 31 heavy (non-hydrogen) atoms. The average molecular weight is 424 g/mol. The van der Waals surface area contributed by atoms with Crippen LogP contribution in [0.1, 0.15) is 27.9 Å². The topological polar surface area (TPSA) is 102 Å². The van der Waals surface area contributed by atoms with E-state index in [-0.39, 0.29) is 18.9 Å². The van der Waals surface area contributed by atoms with Gasteiger partial charge in [-0.3, -0.25) is 14.4 Å². The Morgan fingerprint density at radius 1 is 1.06 bits per heavy atom. The quantitative estimate of drug-likeness (QED) is 0.716. The van der Waals surface area contributed by atoms with Crippen molar-refractivity contribution in [3.63, 3.8) is 0 Å². The van der Waals surface area contributed by atoms with Crippen LogP contribution < -0.4 is 10.2 Å². The number of nitrogens with one attached hydrogen (secondary N) is 1. The highest BCUT2D eigenvalue weighted by molar-refractivity contribution is 6.00. The SMILES string of the molecule is COC(=O)c1ccc(N2C[C@@H](C(=O)OCC(=O)Nc3c(C)cccc3C)CC2=O)cc1. The van der Waals surface area contributed by atoms with E-state index in [1.807, 2.05) is 32.0 Å². The van der Waals surface area contributed by atoms with Gasteiger partial charge in [-0.2, -0.15) is 0 Å². The summed E-state index contributed by atoms with van der Waals surface area (Å²) in [4.78, 5) is 50.0. The van der Waals surface area contributed by atoms with Crippen molar-refractivity contribution in [3.8, 4) is 0 Å². The lowest BCUT2D eigenvalue weighted by Crippen LogP contribution is -2.28. The number of carbonyl (C=O) groups excluding carboxylic acids is 4. The second-order valence-corrected chi connectivity index (χ2v) is 7.37. The standard InChI is InChI=1S/C23H24N2O6/c1-14-5-4-6-15(2)21(14)24-19(26)13-31-23(29)17-11-20(27)25(12-17)18-9-7-16(8-10-18)22(28)30-3/h4-10,17H,11-13H2,1-3H3,(H,24,26)/t17-/m0/s1. The number of hydrogen-bond donors (Lipinski definition) is 1. The molecule has 2 amide bonds. The molecule has 0 aliphatic carbocycles. The van der Waals surface area contributed by atoms with Gasteiger partial charge in [0.05, 0.1) is 18.6 Å². The van der Waals surface area contributed by atoms with Crippen LogP contribution in [0, 0.1) is 19.8 Å². The summed E-state index contributed by atoms with van der Waals surface area (Å²) in [6, 6.07) is 12.0. The van der Waals surface area contributed by atoms with Gasteiger partial charge in [-0.1, -0.05) is 18.2 Å². The highest BCUT2D eigenvalue weighted by Crippen LogP contribution is 2.26. The fourth-order valence-electron chi connectivity index (χ4n) is 3.45. The average Bonchev–Trinajstić information content (AvgIpc) is 3.16. The molecule has 0 bridgehead atoms. The van der Waals surface area contributed by atoms with Crippen LogP contribution in [0.3, 0.4) is 0 Å². The maximum absolute atomic E-state index is 12.4. The van der Waals surface area contributed by atoms with Crippen molar-refractivity contribution in [2.75, 3.05) is 30.5 Å². The predicted octanol–water partition coefficient (Wildman–Crippen LogP) is 2.62. The van der Waals surface area contributed by atoms with Crippen LogP contribution in [-0.4, -0.2) is 44.0 Å². The van der Waals surface area contributed by atoms with Gasteiger partial charge in [0.2, 0.25) is 5.91 Å². The van der Waals surface area contributed by atoms with Gasteiger partial charge in [0.1, 0.15) is 0 Å². The normalized spacial score (nSPS) is 15.5. The maximum Gasteiger partial charge on any atom is 0.337 e.